The third-order valence-electron chi connectivity index (χ3n) is 3.31. The van der Waals surface area contributed by atoms with Gasteiger partial charge in [0, 0.05) is 19.0 Å². The highest BCUT2D eigenvalue weighted by molar-refractivity contribution is 5.79. The molecule has 0 aromatic heterocycles. The maximum Gasteiger partial charge on any atom is 0.226 e. The number of nitrogens with zero attached hydrogens (tertiary/aromatic N) is 1. The molecule has 1 aliphatic heterocycles. The zero-order valence-electron chi connectivity index (χ0n) is 9.37. The average Bonchev–Trinajstić information content (AvgIpc) is 2.30. The number of morpholine rings is 1. The Morgan fingerprint density at radius 3 is 2.80 bits per heavy atom. The Bertz CT molecular complexity index is 267. The van der Waals surface area contributed by atoms with E-state index in [1.165, 1.54) is 5.57 Å². The van der Waals surface area contributed by atoms with Crippen LogP contribution in [0.1, 0.15) is 26.2 Å². The maximum absolute atomic E-state index is 12.1. The van der Waals surface area contributed by atoms with Crippen LogP contribution in [-0.2, 0) is 9.53 Å². The molecule has 1 amide bonds. The third-order valence-corrected chi connectivity index (χ3v) is 3.31. The molecule has 1 heterocycles. The van der Waals surface area contributed by atoms with E-state index in [0.29, 0.717) is 19.1 Å². The molecular weight excluding hydrogens is 190 g/mol. The third kappa shape index (κ3) is 2.59. The standard InChI is InChI=1S/C12H19NO2/c1-10-2-4-11(5-3-10)12(14)13-6-8-15-9-7-13/h2,11H,3-9H2,1H3. The van der Waals surface area contributed by atoms with Crippen LogP contribution in [-0.4, -0.2) is 37.1 Å². The fourth-order valence-electron chi connectivity index (χ4n) is 2.23. The summed E-state index contributed by atoms with van der Waals surface area (Å²) in [4.78, 5) is 14.1. The molecule has 0 N–H and O–H groups in total. The summed E-state index contributed by atoms with van der Waals surface area (Å²) < 4.78 is 5.25. The molecule has 1 aliphatic carbocycles. The van der Waals surface area contributed by atoms with Crippen molar-refractivity contribution in [3.8, 4) is 0 Å². The maximum atomic E-state index is 12.1. The highest BCUT2D eigenvalue weighted by atomic mass is 16.5. The highest BCUT2D eigenvalue weighted by Crippen LogP contribution is 2.25. The van der Waals surface area contributed by atoms with E-state index in [2.05, 4.69) is 13.0 Å². The van der Waals surface area contributed by atoms with Gasteiger partial charge in [0.2, 0.25) is 5.91 Å². The van der Waals surface area contributed by atoms with Crippen molar-refractivity contribution in [2.45, 2.75) is 26.2 Å². The molecule has 0 bridgehead atoms. The molecule has 1 atom stereocenters. The second-order valence-electron chi connectivity index (χ2n) is 4.46. The van der Waals surface area contributed by atoms with Gasteiger partial charge in [0.1, 0.15) is 0 Å². The van der Waals surface area contributed by atoms with E-state index in [-0.39, 0.29) is 5.92 Å². The lowest BCUT2D eigenvalue weighted by atomic mass is 9.89. The Labute approximate surface area is 91.1 Å². The molecule has 0 spiro atoms. The summed E-state index contributed by atoms with van der Waals surface area (Å²) in [6.07, 6.45) is 5.26. The predicted octanol–water partition coefficient (Wildman–Crippen LogP) is 1.59. The lowest BCUT2D eigenvalue weighted by Gasteiger charge is -2.31. The fourth-order valence-corrected chi connectivity index (χ4v) is 2.23. The van der Waals surface area contributed by atoms with Gasteiger partial charge in [-0.25, -0.2) is 0 Å². The highest BCUT2D eigenvalue weighted by Gasteiger charge is 2.26. The van der Waals surface area contributed by atoms with Crippen LogP contribution in [0.25, 0.3) is 0 Å². The van der Waals surface area contributed by atoms with Crippen molar-refractivity contribution >= 4 is 5.91 Å². The van der Waals surface area contributed by atoms with Crippen LogP contribution in [0.5, 0.6) is 0 Å². The first-order valence-electron chi connectivity index (χ1n) is 5.79. The summed E-state index contributed by atoms with van der Waals surface area (Å²) in [7, 11) is 0. The Morgan fingerprint density at radius 1 is 1.47 bits per heavy atom. The van der Waals surface area contributed by atoms with Crippen LogP contribution < -0.4 is 0 Å². The fraction of sp³-hybridized carbons (Fsp3) is 0.750. The molecule has 1 saturated heterocycles. The van der Waals surface area contributed by atoms with Crippen molar-refractivity contribution in [3.05, 3.63) is 11.6 Å². The first-order valence-corrected chi connectivity index (χ1v) is 5.79. The quantitative estimate of drug-likeness (QED) is 0.614. The topological polar surface area (TPSA) is 29.5 Å². The van der Waals surface area contributed by atoms with Gasteiger partial charge in [0.15, 0.2) is 0 Å². The summed E-state index contributed by atoms with van der Waals surface area (Å²) in [5.41, 5.74) is 1.43. The Morgan fingerprint density at radius 2 is 2.20 bits per heavy atom. The van der Waals surface area contributed by atoms with E-state index in [4.69, 9.17) is 4.74 Å². The molecular formula is C12H19NO2. The first-order chi connectivity index (χ1) is 7.27. The molecule has 2 rings (SSSR count). The van der Waals surface area contributed by atoms with Crippen molar-refractivity contribution in [1.29, 1.82) is 0 Å². The van der Waals surface area contributed by atoms with Gasteiger partial charge in [-0.05, 0) is 26.2 Å². The summed E-state index contributed by atoms with van der Waals surface area (Å²) in [6, 6.07) is 0. The minimum atomic E-state index is 0.229. The molecule has 0 aromatic rings. The second kappa shape index (κ2) is 4.79. The van der Waals surface area contributed by atoms with E-state index in [1.54, 1.807) is 0 Å². The van der Waals surface area contributed by atoms with Crippen molar-refractivity contribution in [2.24, 2.45) is 5.92 Å². The number of hydrogen-bond acceptors (Lipinski definition) is 2. The molecule has 0 saturated carbocycles. The summed E-state index contributed by atoms with van der Waals surface area (Å²) in [5, 5.41) is 0. The summed E-state index contributed by atoms with van der Waals surface area (Å²) >= 11 is 0. The van der Waals surface area contributed by atoms with Gasteiger partial charge in [-0.3, -0.25) is 4.79 Å². The molecule has 2 aliphatic rings. The number of carbonyl (C=O) groups excluding carboxylic acids is 1. The molecule has 3 nitrogen and oxygen atoms in total. The lowest BCUT2D eigenvalue weighted by Crippen LogP contribution is -2.44. The minimum Gasteiger partial charge on any atom is -0.378 e. The Hall–Kier alpha value is -0.830. The van der Waals surface area contributed by atoms with Gasteiger partial charge in [-0.1, -0.05) is 11.6 Å². The van der Waals surface area contributed by atoms with Crippen molar-refractivity contribution in [2.75, 3.05) is 26.3 Å². The average molecular weight is 209 g/mol. The van der Waals surface area contributed by atoms with E-state index < -0.39 is 0 Å². The SMILES string of the molecule is CC1=CCC(C(=O)N2CCOCC2)CC1. The first kappa shape index (κ1) is 10.7. The van der Waals surface area contributed by atoms with Crippen molar-refractivity contribution in [3.63, 3.8) is 0 Å². The van der Waals surface area contributed by atoms with Gasteiger partial charge >= 0.3 is 0 Å². The monoisotopic (exact) mass is 209 g/mol. The number of rotatable bonds is 1. The number of allylic oxidation sites excluding steroid dienone is 2. The number of hydrogen-bond donors (Lipinski definition) is 0. The van der Waals surface area contributed by atoms with Crippen LogP contribution in [0, 0.1) is 5.92 Å². The largest absolute Gasteiger partial charge is 0.378 e. The molecule has 1 fully saturated rings. The molecule has 1 unspecified atom stereocenters. The van der Waals surface area contributed by atoms with Gasteiger partial charge in [-0.2, -0.15) is 0 Å². The van der Waals surface area contributed by atoms with Crippen molar-refractivity contribution in [1.82, 2.24) is 4.90 Å². The van der Waals surface area contributed by atoms with Crippen LogP contribution in [0.3, 0.4) is 0 Å². The lowest BCUT2D eigenvalue weighted by molar-refractivity contribution is -0.139. The number of carbonyl (C=O) groups is 1. The molecule has 3 heteroatoms. The van der Waals surface area contributed by atoms with E-state index in [1.807, 2.05) is 4.90 Å². The second-order valence-corrected chi connectivity index (χ2v) is 4.46. The predicted molar refractivity (Wildman–Crippen MR) is 58.5 cm³/mol. The zero-order chi connectivity index (χ0) is 10.7. The van der Waals surface area contributed by atoms with Crippen LogP contribution in [0.4, 0.5) is 0 Å². The molecule has 15 heavy (non-hydrogen) atoms. The Balaban J connectivity index is 1.90. The van der Waals surface area contributed by atoms with E-state index in [9.17, 15) is 4.79 Å². The Kier molecular flexibility index (Phi) is 3.41. The van der Waals surface area contributed by atoms with Crippen LogP contribution in [0.15, 0.2) is 11.6 Å². The van der Waals surface area contributed by atoms with E-state index in [0.717, 1.165) is 32.4 Å². The molecule has 84 valence electrons. The van der Waals surface area contributed by atoms with Gasteiger partial charge < -0.3 is 9.64 Å². The number of ether oxygens (including phenoxy) is 1. The van der Waals surface area contributed by atoms with E-state index >= 15 is 0 Å². The van der Waals surface area contributed by atoms with Gasteiger partial charge in [0.05, 0.1) is 13.2 Å². The minimum absolute atomic E-state index is 0.229. The normalized spacial score (nSPS) is 27.4. The van der Waals surface area contributed by atoms with Crippen molar-refractivity contribution < 1.29 is 9.53 Å². The van der Waals surface area contributed by atoms with Crippen LogP contribution in [0.2, 0.25) is 0 Å². The van der Waals surface area contributed by atoms with Gasteiger partial charge in [0.25, 0.3) is 0 Å². The smallest absolute Gasteiger partial charge is 0.226 e. The summed E-state index contributed by atoms with van der Waals surface area (Å²) in [5.74, 6) is 0.564. The molecule has 0 aromatic carbocycles. The molecule has 0 radical (unpaired) electrons. The van der Waals surface area contributed by atoms with Gasteiger partial charge in [-0.15, -0.1) is 0 Å². The number of amides is 1. The summed E-state index contributed by atoms with van der Waals surface area (Å²) in [6.45, 7) is 5.10. The zero-order valence-corrected chi connectivity index (χ0v) is 9.37. The van der Waals surface area contributed by atoms with Crippen LogP contribution >= 0.6 is 0 Å².